The zero-order valence-corrected chi connectivity index (χ0v) is 17.9. The number of esters is 2. The van der Waals surface area contributed by atoms with Crippen LogP contribution in [-0.2, 0) is 25.7 Å². The number of carbonyl (C=O) groups excluding carboxylic acids is 2. The van der Waals surface area contributed by atoms with Crippen LogP contribution in [-0.4, -0.2) is 30.4 Å². The third-order valence-electron chi connectivity index (χ3n) is 5.11. The van der Waals surface area contributed by atoms with E-state index in [0.29, 0.717) is 5.56 Å². The van der Waals surface area contributed by atoms with Crippen LogP contribution in [0.25, 0.3) is 0 Å². The molecule has 1 aliphatic heterocycles. The summed E-state index contributed by atoms with van der Waals surface area (Å²) in [7, 11) is 0. The van der Waals surface area contributed by atoms with Crippen molar-refractivity contribution in [1.82, 2.24) is 0 Å². The number of ether oxygens (including phenoxy) is 2. The van der Waals surface area contributed by atoms with Crippen LogP contribution >= 0.6 is 0 Å². The lowest BCUT2D eigenvalue weighted by Crippen LogP contribution is -2.44. The molecule has 9 heteroatoms. The monoisotopic (exact) mass is 463 g/mol. The normalized spacial score (nSPS) is 18.5. The number of nitrogens with zero attached hydrogens (tertiary/aromatic N) is 1. The lowest BCUT2D eigenvalue weighted by Gasteiger charge is -2.33. The van der Waals surface area contributed by atoms with Gasteiger partial charge in [-0.15, -0.1) is 0 Å². The first-order valence-corrected chi connectivity index (χ1v) is 10.1. The minimum Gasteiger partial charge on any atom is -0.465 e. The molecule has 0 aromatic heterocycles. The predicted octanol–water partition coefficient (Wildman–Crippen LogP) is 5.12. The van der Waals surface area contributed by atoms with Crippen molar-refractivity contribution in [2.24, 2.45) is 10.9 Å². The van der Waals surface area contributed by atoms with Gasteiger partial charge in [0, 0.05) is 11.6 Å². The average molecular weight is 463 g/mol. The predicted molar refractivity (Wildman–Crippen MR) is 112 cm³/mol. The Balaban J connectivity index is 2.11. The molecule has 0 fully saturated rings. The fraction of sp³-hybridized carbons (Fsp3) is 0.292. The van der Waals surface area contributed by atoms with E-state index < -0.39 is 41.5 Å². The van der Waals surface area contributed by atoms with Crippen molar-refractivity contribution in [3.8, 4) is 0 Å². The summed E-state index contributed by atoms with van der Waals surface area (Å²) in [6.45, 7) is 2.39. The van der Waals surface area contributed by atoms with E-state index in [2.05, 4.69) is 4.99 Å². The first kappa shape index (κ1) is 24.2. The summed E-state index contributed by atoms with van der Waals surface area (Å²) < 4.78 is 65.4. The van der Waals surface area contributed by atoms with E-state index in [1.807, 2.05) is 0 Å². The molecule has 0 saturated carbocycles. The number of alkyl halides is 3. The number of benzene rings is 2. The van der Waals surface area contributed by atoms with Crippen LogP contribution in [0.1, 0.15) is 30.9 Å². The number of hydrogen-bond acceptors (Lipinski definition) is 5. The molecule has 174 valence electrons. The van der Waals surface area contributed by atoms with Crippen molar-refractivity contribution in [2.45, 2.75) is 32.5 Å². The highest BCUT2D eigenvalue weighted by Crippen LogP contribution is 2.43. The zero-order valence-electron chi connectivity index (χ0n) is 17.9. The van der Waals surface area contributed by atoms with Gasteiger partial charge in [0.05, 0.1) is 12.2 Å². The van der Waals surface area contributed by atoms with Crippen LogP contribution in [0, 0.1) is 11.7 Å². The number of rotatable bonds is 6. The zero-order chi connectivity index (χ0) is 24.2. The Morgan fingerprint density at radius 2 is 1.64 bits per heavy atom. The lowest BCUT2D eigenvalue weighted by atomic mass is 9.75. The quantitative estimate of drug-likeness (QED) is 0.441. The van der Waals surface area contributed by atoms with E-state index in [1.165, 1.54) is 26.0 Å². The summed E-state index contributed by atoms with van der Waals surface area (Å²) in [4.78, 5) is 29.4. The smallest absolute Gasteiger partial charge is 0.430 e. The molecular formula is C24H21F4NO4. The van der Waals surface area contributed by atoms with Crippen molar-refractivity contribution in [3.05, 3.63) is 82.8 Å². The molecule has 1 heterocycles. The van der Waals surface area contributed by atoms with Crippen LogP contribution < -0.4 is 0 Å². The van der Waals surface area contributed by atoms with Gasteiger partial charge in [-0.1, -0.05) is 42.5 Å². The summed E-state index contributed by atoms with van der Waals surface area (Å²) in [6.07, 6.45) is -4.96. The summed E-state index contributed by atoms with van der Waals surface area (Å²) in [6, 6.07) is 13.2. The van der Waals surface area contributed by atoms with E-state index in [9.17, 15) is 27.2 Å². The Labute approximate surface area is 187 Å². The Bertz CT molecular complexity index is 1080. The van der Waals surface area contributed by atoms with Gasteiger partial charge in [-0.05, 0) is 37.1 Å². The molecule has 33 heavy (non-hydrogen) atoms. The van der Waals surface area contributed by atoms with Crippen molar-refractivity contribution >= 4 is 17.7 Å². The van der Waals surface area contributed by atoms with Gasteiger partial charge < -0.3 is 9.47 Å². The van der Waals surface area contributed by atoms with E-state index in [0.717, 1.165) is 12.1 Å². The minimum absolute atomic E-state index is 0.122. The molecule has 2 atom stereocenters. The summed E-state index contributed by atoms with van der Waals surface area (Å²) >= 11 is 0. The van der Waals surface area contributed by atoms with Gasteiger partial charge in [0.1, 0.15) is 24.1 Å². The largest absolute Gasteiger partial charge is 0.465 e. The topological polar surface area (TPSA) is 65.0 Å². The molecule has 2 unspecified atom stereocenters. The summed E-state index contributed by atoms with van der Waals surface area (Å²) in [5, 5.41) is 0. The molecule has 0 amide bonds. The highest BCUT2D eigenvalue weighted by atomic mass is 19.4. The molecular weight excluding hydrogens is 442 g/mol. The molecule has 5 nitrogen and oxygen atoms in total. The molecule has 0 radical (unpaired) electrons. The fourth-order valence-electron chi connectivity index (χ4n) is 3.68. The van der Waals surface area contributed by atoms with Gasteiger partial charge in [-0.3, -0.25) is 9.79 Å². The van der Waals surface area contributed by atoms with Crippen LogP contribution in [0.4, 0.5) is 17.6 Å². The number of carbonyl (C=O) groups is 2. The fourth-order valence-corrected chi connectivity index (χ4v) is 3.68. The SMILES string of the molecule is CCOC(=O)C1C(C(F)(F)F)=NC(C)=C(C(=O)OCc2ccccc2)C1c1ccc(F)cc1. The van der Waals surface area contributed by atoms with Crippen molar-refractivity contribution < 1.29 is 36.6 Å². The first-order valence-electron chi connectivity index (χ1n) is 10.1. The second-order valence-corrected chi connectivity index (χ2v) is 7.31. The second kappa shape index (κ2) is 9.97. The van der Waals surface area contributed by atoms with Gasteiger partial charge >= 0.3 is 18.1 Å². The number of allylic oxidation sites excluding steroid dienone is 1. The second-order valence-electron chi connectivity index (χ2n) is 7.31. The van der Waals surface area contributed by atoms with Crippen molar-refractivity contribution in [3.63, 3.8) is 0 Å². The Morgan fingerprint density at radius 1 is 1.00 bits per heavy atom. The van der Waals surface area contributed by atoms with Crippen LogP contribution in [0.15, 0.2) is 70.9 Å². The summed E-state index contributed by atoms with van der Waals surface area (Å²) in [5.41, 5.74) is -1.05. The standard InChI is InChI=1S/C24H21F4NO4/c1-3-32-23(31)20-19(16-9-11-17(25)12-10-16)18(14(2)29-21(20)24(26,27)28)22(30)33-13-15-7-5-4-6-8-15/h4-12,19-20H,3,13H2,1-2H3. The molecule has 2 aromatic rings. The third kappa shape index (κ3) is 5.47. The van der Waals surface area contributed by atoms with Gasteiger partial charge in [0.15, 0.2) is 0 Å². The van der Waals surface area contributed by atoms with E-state index >= 15 is 0 Å². The van der Waals surface area contributed by atoms with Crippen molar-refractivity contribution in [1.29, 1.82) is 0 Å². The molecule has 3 rings (SSSR count). The van der Waals surface area contributed by atoms with Crippen LogP contribution in [0.5, 0.6) is 0 Å². The first-order chi connectivity index (χ1) is 15.6. The molecule has 0 N–H and O–H groups in total. The number of halogens is 4. The molecule has 0 aliphatic carbocycles. The van der Waals surface area contributed by atoms with E-state index in [4.69, 9.17) is 9.47 Å². The Morgan fingerprint density at radius 3 is 2.21 bits per heavy atom. The molecule has 2 aromatic carbocycles. The maximum absolute atomic E-state index is 13.9. The highest BCUT2D eigenvalue weighted by Gasteiger charge is 2.52. The molecule has 0 saturated heterocycles. The maximum atomic E-state index is 13.9. The third-order valence-corrected chi connectivity index (χ3v) is 5.11. The van der Waals surface area contributed by atoms with Gasteiger partial charge in [-0.25, -0.2) is 9.18 Å². The molecule has 0 spiro atoms. The van der Waals surface area contributed by atoms with Crippen LogP contribution in [0.3, 0.4) is 0 Å². The van der Waals surface area contributed by atoms with Gasteiger partial charge in [-0.2, -0.15) is 13.2 Å². The highest BCUT2D eigenvalue weighted by molar-refractivity contribution is 6.10. The minimum atomic E-state index is -4.96. The van der Waals surface area contributed by atoms with E-state index in [-0.39, 0.29) is 30.0 Å². The lowest BCUT2D eigenvalue weighted by molar-refractivity contribution is -0.148. The Kier molecular flexibility index (Phi) is 7.30. The van der Waals surface area contributed by atoms with Gasteiger partial charge in [0.2, 0.25) is 0 Å². The van der Waals surface area contributed by atoms with Crippen molar-refractivity contribution in [2.75, 3.05) is 6.61 Å². The van der Waals surface area contributed by atoms with Gasteiger partial charge in [0.25, 0.3) is 0 Å². The average Bonchev–Trinajstić information content (AvgIpc) is 2.77. The number of aliphatic imine (C=N–C) groups is 1. The maximum Gasteiger partial charge on any atom is 0.430 e. The van der Waals surface area contributed by atoms with E-state index in [1.54, 1.807) is 30.3 Å². The van der Waals surface area contributed by atoms with Crippen LogP contribution in [0.2, 0.25) is 0 Å². The molecule has 0 bridgehead atoms. The summed E-state index contributed by atoms with van der Waals surface area (Å²) in [5.74, 6) is -6.13. The Hall–Kier alpha value is -3.49. The number of hydrogen-bond donors (Lipinski definition) is 0. The molecule has 1 aliphatic rings.